The minimum atomic E-state index is -0.867. The minimum Gasteiger partial charge on any atom is -0.493 e. The number of carboxylic acid groups (broad SMARTS) is 1. The molecular weight excluding hydrogens is 520 g/mol. The van der Waals surface area contributed by atoms with Crippen molar-refractivity contribution in [2.45, 2.75) is 57.5 Å². The third-order valence-electron chi connectivity index (χ3n) is 8.87. The van der Waals surface area contributed by atoms with E-state index in [-0.39, 0.29) is 30.3 Å². The summed E-state index contributed by atoms with van der Waals surface area (Å²) >= 11 is 0. The first-order valence-electron chi connectivity index (χ1n) is 15.0. The van der Waals surface area contributed by atoms with Crippen LogP contribution in [0.15, 0.2) is 42.5 Å². The van der Waals surface area contributed by atoms with E-state index in [9.17, 15) is 19.5 Å². The summed E-state index contributed by atoms with van der Waals surface area (Å²) in [6.07, 6.45) is 3.91. The van der Waals surface area contributed by atoms with E-state index in [2.05, 4.69) is 17.9 Å². The molecule has 1 saturated heterocycles. The topological polar surface area (TPSA) is 116 Å². The Bertz CT molecular complexity index is 1260. The second-order valence-electron chi connectivity index (χ2n) is 11.5. The Balaban J connectivity index is 1.39. The van der Waals surface area contributed by atoms with Crippen LogP contribution in [0.5, 0.6) is 5.75 Å². The Morgan fingerprint density at radius 1 is 1.12 bits per heavy atom. The van der Waals surface area contributed by atoms with Gasteiger partial charge in [-0.1, -0.05) is 43.7 Å². The number of carbonyl (C=O) groups is 3. The van der Waals surface area contributed by atoms with Crippen molar-refractivity contribution in [1.29, 1.82) is 0 Å². The molecule has 3 atom stereocenters. The smallest absolute Gasteiger partial charge is 0.308 e. The SMILES string of the molecule is CCCCN(CCCN)C(=O)CN1C[C@H](c2ccc3c(c2)CCO3)[C@@H](C(=O)O)[C@@H]1CCN1Cc2ccccc2C1=O. The number of likely N-dealkylation sites (tertiary alicyclic amines) is 1. The number of carboxylic acids is 1. The first-order chi connectivity index (χ1) is 19.9. The van der Waals surface area contributed by atoms with Crippen LogP contribution >= 0.6 is 0 Å². The third-order valence-corrected chi connectivity index (χ3v) is 8.87. The van der Waals surface area contributed by atoms with Crippen LogP contribution in [0.3, 0.4) is 0 Å². The van der Waals surface area contributed by atoms with Crippen molar-refractivity contribution >= 4 is 17.8 Å². The second kappa shape index (κ2) is 13.0. The van der Waals surface area contributed by atoms with Gasteiger partial charge in [0.2, 0.25) is 5.91 Å². The lowest BCUT2D eigenvalue weighted by Gasteiger charge is -2.30. The van der Waals surface area contributed by atoms with E-state index in [0.717, 1.165) is 48.1 Å². The maximum absolute atomic E-state index is 13.6. The van der Waals surface area contributed by atoms with E-state index in [4.69, 9.17) is 10.5 Å². The molecule has 3 aliphatic heterocycles. The molecule has 0 unspecified atom stereocenters. The minimum absolute atomic E-state index is 0.00805. The number of ether oxygens (including phenoxy) is 1. The molecule has 0 radical (unpaired) electrons. The highest BCUT2D eigenvalue weighted by molar-refractivity contribution is 5.98. The van der Waals surface area contributed by atoms with Gasteiger partial charge in [0.1, 0.15) is 5.75 Å². The summed E-state index contributed by atoms with van der Waals surface area (Å²) in [5.74, 6) is -0.980. The zero-order valence-corrected chi connectivity index (χ0v) is 24.0. The van der Waals surface area contributed by atoms with E-state index < -0.39 is 11.9 Å². The molecule has 41 heavy (non-hydrogen) atoms. The lowest BCUT2D eigenvalue weighted by molar-refractivity contribution is -0.144. The average Bonchev–Trinajstić information content (AvgIpc) is 3.67. The summed E-state index contributed by atoms with van der Waals surface area (Å²) in [5.41, 5.74) is 9.53. The Morgan fingerprint density at radius 3 is 2.68 bits per heavy atom. The first-order valence-corrected chi connectivity index (χ1v) is 15.0. The molecule has 0 bridgehead atoms. The number of aliphatic carboxylic acids is 1. The van der Waals surface area contributed by atoms with Crippen molar-refractivity contribution in [1.82, 2.24) is 14.7 Å². The van der Waals surface area contributed by atoms with Crippen LogP contribution in [0, 0.1) is 5.92 Å². The first kappa shape index (κ1) is 29.1. The summed E-state index contributed by atoms with van der Waals surface area (Å²) in [6, 6.07) is 13.2. The predicted molar refractivity (Wildman–Crippen MR) is 156 cm³/mol. The Kier molecular flexibility index (Phi) is 9.25. The number of rotatable bonds is 13. The number of hydrogen-bond donors (Lipinski definition) is 2. The van der Waals surface area contributed by atoms with E-state index in [1.165, 1.54) is 0 Å². The zero-order chi connectivity index (χ0) is 28.9. The lowest BCUT2D eigenvalue weighted by atomic mass is 9.83. The van der Waals surface area contributed by atoms with Crippen molar-refractivity contribution < 1.29 is 24.2 Å². The summed E-state index contributed by atoms with van der Waals surface area (Å²) < 4.78 is 5.68. The van der Waals surface area contributed by atoms with E-state index in [1.54, 1.807) is 4.90 Å². The van der Waals surface area contributed by atoms with Gasteiger partial charge in [0.25, 0.3) is 5.91 Å². The molecular formula is C32H42N4O5. The van der Waals surface area contributed by atoms with Gasteiger partial charge in [-0.25, -0.2) is 0 Å². The summed E-state index contributed by atoms with van der Waals surface area (Å²) in [7, 11) is 0. The summed E-state index contributed by atoms with van der Waals surface area (Å²) in [4.78, 5) is 45.3. The van der Waals surface area contributed by atoms with Crippen molar-refractivity contribution in [2.24, 2.45) is 11.7 Å². The van der Waals surface area contributed by atoms with E-state index in [0.29, 0.717) is 57.9 Å². The molecule has 2 aromatic rings. The van der Waals surface area contributed by atoms with Crippen LogP contribution in [0.1, 0.15) is 65.6 Å². The largest absolute Gasteiger partial charge is 0.493 e. The average molecular weight is 563 g/mol. The highest BCUT2D eigenvalue weighted by Gasteiger charge is 2.47. The molecule has 2 amide bonds. The highest BCUT2D eigenvalue weighted by atomic mass is 16.5. The van der Waals surface area contributed by atoms with Crippen LogP contribution in [0.25, 0.3) is 0 Å². The van der Waals surface area contributed by atoms with Gasteiger partial charge in [-0.2, -0.15) is 0 Å². The number of fused-ring (bicyclic) bond motifs is 2. The zero-order valence-electron chi connectivity index (χ0n) is 24.0. The van der Waals surface area contributed by atoms with Crippen molar-refractivity contribution in [3.8, 4) is 5.75 Å². The molecule has 0 spiro atoms. The van der Waals surface area contributed by atoms with Crippen LogP contribution in [0.4, 0.5) is 0 Å². The predicted octanol–water partition coefficient (Wildman–Crippen LogP) is 3.11. The molecule has 9 heteroatoms. The number of nitrogens with two attached hydrogens (primary N) is 1. The van der Waals surface area contributed by atoms with Gasteiger partial charge in [0.15, 0.2) is 0 Å². The van der Waals surface area contributed by atoms with Gasteiger partial charge >= 0.3 is 5.97 Å². The summed E-state index contributed by atoms with van der Waals surface area (Å²) in [6.45, 7) is 6.11. The number of nitrogens with zero attached hydrogens (tertiary/aromatic N) is 3. The second-order valence-corrected chi connectivity index (χ2v) is 11.5. The third kappa shape index (κ3) is 6.26. The van der Waals surface area contributed by atoms with Crippen LogP contribution in [0.2, 0.25) is 0 Å². The molecule has 0 saturated carbocycles. The van der Waals surface area contributed by atoms with E-state index in [1.807, 2.05) is 41.3 Å². The van der Waals surface area contributed by atoms with Gasteiger partial charge in [0, 0.05) is 56.7 Å². The highest BCUT2D eigenvalue weighted by Crippen LogP contribution is 2.41. The summed E-state index contributed by atoms with van der Waals surface area (Å²) in [5, 5.41) is 10.5. The number of amides is 2. The molecule has 0 aliphatic carbocycles. The standard InChI is InChI=1S/C32H42N4O5/c1-2-3-14-34(15-6-13-33)29(37)21-36-20-26(22-9-10-28-23(18-22)12-17-41-28)30(32(39)40)27(36)11-16-35-19-24-7-4-5-8-25(24)31(35)38/h4-5,7-10,18,26-27,30H,2-3,6,11-17,19-21,33H2,1H3,(H,39,40)/t26-,27+,30-/m1/s1. The Morgan fingerprint density at radius 2 is 1.93 bits per heavy atom. The van der Waals surface area contributed by atoms with Gasteiger partial charge in [-0.15, -0.1) is 0 Å². The van der Waals surface area contributed by atoms with Crippen LogP contribution < -0.4 is 10.5 Å². The fraction of sp³-hybridized carbons (Fsp3) is 0.531. The number of hydrogen-bond acceptors (Lipinski definition) is 6. The number of benzene rings is 2. The molecule has 2 aromatic carbocycles. The maximum atomic E-state index is 13.6. The number of unbranched alkanes of at least 4 members (excludes halogenated alkanes) is 1. The lowest BCUT2D eigenvalue weighted by Crippen LogP contribution is -2.46. The number of carbonyl (C=O) groups excluding carboxylic acids is 2. The monoisotopic (exact) mass is 562 g/mol. The van der Waals surface area contributed by atoms with Crippen molar-refractivity contribution in [2.75, 3.05) is 45.9 Å². The molecule has 5 rings (SSSR count). The normalized spacial score (nSPS) is 21.6. The van der Waals surface area contributed by atoms with Gasteiger partial charge in [0.05, 0.1) is 19.1 Å². The van der Waals surface area contributed by atoms with Gasteiger partial charge in [-0.3, -0.25) is 19.3 Å². The Hall–Kier alpha value is -3.43. The van der Waals surface area contributed by atoms with Crippen molar-refractivity contribution in [3.63, 3.8) is 0 Å². The maximum Gasteiger partial charge on any atom is 0.308 e. The molecule has 0 aromatic heterocycles. The van der Waals surface area contributed by atoms with Gasteiger partial charge in [-0.05, 0) is 54.6 Å². The molecule has 1 fully saturated rings. The van der Waals surface area contributed by atoms with Gasteiger partial charge < -0.3 is 25.4 Å². The Labute approximate surface area is 242 Å². The molecule has 3 N–H and O–H groups in total. The molecule has 3 aliphatic rings. The fourth-order valence-corrected chi connectivity index (χ4v) is 6.68. The molecule has 9 nitrogen and oxygen atoms in total. The van der Waals surface area contributed by atoms with Crippen molar-refractivity contribution in [3.05, 3.63) is 64.7 Å². The fourth-order valence-electron chi connectivity index (χ4n) is 6.68. The molecule has 220 valence electrons. The van der Waals surface area contributed by atoms with Crippen LogP contribution in [-0.2, 0) is 22.6 Å². The molecule has 3 heterocycles. The quantitative estimate of drug-likeness (QED) is 0.385. The van der Waals surface area contributed by atoms with Crippen LogP contribution in [-0.4, -0.2) is 89.5 Å². The van der Waals surface area contributed by atoms with E-state index >= 15 is 0 Å².